The van der Waals surface area contributed by atoms with E-state index in [9.17, 15) is 9.59 Å². The fraction of sp³-hybridized carbons (Fsp3) is 0.240. The Balaban J connectivity index is 1.43. The molecule has 2 aromatic heterocycles. The number of anilines is 1. The average Bonchev–Trinajstić information content (AvgIpc) is 3.57. The molecule has 0 saturated carbocycles. The normalized spacial score (nSPS) is 14.5. The number of hydrogen-bond donors (Lipinski definition) is 2. The molecule has 3 N–H and O–H groups in total. The molecule has 1 aliphatic rings. The molecule has 11 nitrogen and oxygen atoms in total. The minimum atomic E-state index is -0.574. The number of amides is 2. The first kappa shape index (κ1) is 23.1. The molecule has 2 aromatic carbocycles. The molecule has 0 bridgehead atoms. The minimum absolute atomic E-state index is 0.152. The molecule has 2 amide bonds. The molecule has 1 atom stereocenters. The second-order valence-corrected chi connectivity index (χ2v) is 8.35. The molecule has 11 heteroatoms. The molecule has 5 rings (SSSR count). The maximum atomic E-state index is 12.8. The van der Waals surface area contributed by atoms with Crippen LogP contribution in [0.25, 0.3) is 11.3 Å². The van der Waals surface area contributed by atoms with Gasteiger partial charge in [0.25, 0.3) is 5.91 Å². The van der Waals surface area contributed by atoms with Gasteiger partial charge in [-0.2, -0.15) is 14.9 Å². The zero-order valence-corrected chi connectivity index (χ0v) is 19.7. The Hall–Kier alpha value is -4.67. The van der Waals surface area contributed by atoms with Gasteiger partial charge >= 0.3 is 6.03 Å². The number of carbonyl (C=O) groups is 2. The Kier molecular flexibility index (Phi) is 6.35. The van der Waals surface area contributed by atoms with Gasteiger partial charge in [-0.1, -0.05) is 18.2 Å². The lowest BCUT2D eigenvalue weighted by Crippen LogP contribution is -2.41. The summed E-state index contributed by atoms with van der Waals surface area (Å²) in [6.07, 6.45) is 3.42. The zero-order valence-electron chi connectivity index (χ0n) is 19.7. The summed E-state index contributed by atoms with van der Waals surface area (Å²) in [6.45, 7) is 3.40. The quantitative estimate of drug-likeness (QED) is 0.409. The van der Waals surface area contributed by atoms with Crippen LogP contribution in [0.5, 0.6) is 11.5 Å². The van der Waals surface area contributed by atoms with Gasteiger partial charge in [-0.25, -0.2) is 14.5 Å². The van der Waals surface area contributed by atoms with E-state index in [-0.39, 0.29) is 12.1 Å². The molecular formula is C25H26N8O3. The smallest absolute Gasteiger partial charge is 0.346 e. The highest BCUT2D eigenvalue weighted by atomic mass is 16.5. The number of nitrogens with zero attached hydrogens (tertiary/aromatic N) is 6. The number of para-hydroxylation sites is 1. The number of benzene rings is 2. The Labute approximate surface area is 207 Å². The number of carbonyl (C=O) groups excluding carboxylic acids is 2. The summed E-state index contributed by atoms with van der Waals surface area (Å²) < 4.78 is 8.85. The fourth-order valence-electron chi connectivity index (χ4n) is 4.31. The molecule has 184 valence electrons. The average molecular weight is 487 g/mol. The third-order valence-corrected chi connectivity index (χ3v) is 6.08. The van der Waals surface area contributed by atoms with Gasteiger partial charge in [0.1, 0.15) is 41.2 Å². The van der Waals surface area contributed by atoms with Gasteiger partial charge < -0.3 is 20.7 Å². The first-order valence-corrected chi connectivity index (χ1v) is 11.7. The topological polar surface area (TPSA) is 133 Å². The highest BCUT2D eigenvalue weighted by Crippen LogP contribution is 2.35. The summed E-state index contributed by atoms with van der Waals surface area (Å²) in [5.41, 5.74) is 7.33. The van der Waals surface area contributed by atoms with Crippen LogP contribution in [0, 0.1) is 0 Å². The van der Waals surface area contributed by atoms with Gasteiger partial charge in [0.05, 0.1) is 6.04 Å². The Bertz CT molecular complexity index is 1350. The van der Waals surface area contributed by atoms with Crippen LogP contribution in [0.2, 0.25) is 0 Å². The highest BCUT2D eigenvalue weighted by Gasteiger charge is 2.31. The summed E-state index contributed by atoms with van der Waals surface area (Å²) >= 11 is 0. The Morgan fingerprint density at radius 2 is 1.89 bits per heavy atom. The van der Waals surface area contributed by atoms with Gasteiger partial charge in [0.2, 0.25) is 0 Å². The van der Waals surface area contributed by atoms with Crippen LogP contribution in [0.4, 0.5) is 10.6 Å². The second kappa shape index (κ2) is 9.90. The third kappa shape index (κ3) is 4.50. The van der Waals surface area contributed by atoms with Crippen molar-refractivity contribution in [1.82, 2.24) is 29.4 Å². The summed E-state index contributed by atoms with van der Waals surface area (Å²) in [7, 11) is 0. The number of primary amides is 1. The van der Waals surface area contributed by atoms with Crippen LogP contribution in [0.3, 0.4) is 0 Å². The molecule has 0 aliphatic carbocycles. The minimum Gasteiger partial charge on any atom is -0.457 e. The van der Waals surface area contributed by atoms with Crippen LogP contribution in [0.15, 0.2) is 67.3 Å². The summed E-state index contributed by atoms with van der Waals surface area (Å²) in [5, 5.41) is 12.0. The molecular weight excluding hydrogens is 460 g/mol. The maximum absolute atomic E-state index is 12.8. The summed E-state index contributed by atoms with van der Waals surface area (Å²) in [5.74, 6) is 1.38. The lowest BCUT2D eigenvalue weighted by Gasteiger charge is -2.30. The molecule has 36 heavy (non-hydrogen) atoms. The number of aromatic nitrogens is 5. The van der Waals surface area contributed by atoms with E-state index in [2.05, 4.69) is 15.4 Å². The predicted octanol–water partition coefficient (Wildman–Crippen LogP) is 3.38. The highest BCUT2D eigenvalue weighted by molar-refractivity contribution is 6.03. The van der Waals surface area contributed by atoms with E-state index < -0.39 is 5.91 Å². The zero-order chi connectivity index (χ0) is 25.1. The van der Waals surface area contributed by atoms with Gasteiger partial charge in [0, 0.05) is 25.2 Å². The van der Waals surface area contributed by atoms with Gasteiger partial charge in [-0.3, -0.25) is 4.79 Å². The van der Waals surface area contributed by atoms with Crippen LogP contribution in [0.1, 0.15) is 29.7 Å². The standard InChI is InChI=1S/C25H26N8O3/c1-2-31(25(35)32-16-27-15-29-32)14-18-12-13-28-24-21(23(26)34)22(30-33(18)24)17-8-10-20(11-9-17)36-19-6-4-3-5-7-19/h3-11,15-16,18,28H,2,12-14H2,1H3,(H2,26,34). The van der Waals surface area contributed by atoms with Crippen LogP contribution in [-0.4, -0.2) is 61.0 Å². The number of nitrogens with one attached hydrogen (secondary N) is 1. The number of fused-ring (bicyclic) bond motifs is 1. The number of hydrogen-bond acceptors (Lipinski definition) is 7. The monoisotopic (exact) mass is 486 g/mol. The Morgan fingerprint density at radius 1 is 1.14 bits per heavy atom. The first-order chi connectivity index (χ1) is 17.5. The van der Waals surface area contributed by atoms with Crippen molar-refractivity contribution in [3.05, 3.63) is 72.8 Å². The van der Waals surface area contributed by atoms with Crippen molar-refractivity contribution < 1.29 is 14.3 Å². The van der Waals surface area contributed by atoms with E-state index in [4.69, 9.17) is 15.6 Å². The van der Waals surface area contributed by atoms with Gasteiger partial charge in [-0.05, 0) is 49.7 Å². The van der Waals surface area contributed by atoms with Crippen molar-refractivity contribution in [3.8, 4) is 22.8 Å². The van der Waals surface area contributed by atoms with E-state index in [1.54, 1.807) is 9.58 Å². The second-order valence-electron chi connectivity index (χ2n) is 8.35. The van der Waals surface area contributed by atoms with Crippen LogP contribution >= 0.6 is 0 Å². The first-order valence-electron chi connectivity index (χ1n) is 11.7. The van der Waals surface area contributed by atoms with Crippen molar-refractivity contribution in [1.29, 1.82) is 0 Å². The molecule has 4 aromatic rings. The summed E-state index contributed by atoms with van der Waals surface area (Å²) in [6, 6.07) is 16.4. The SMILES string of the molecule is CCN(CC1CCNc2c(C(N)=O)c(-c3ccc(Oc4ccccc4)cc3)nn21)C(=O)n1cncn1. The Morgan fingerprint density at radius 3 is 2.56 bits per heavy atom. The molecule has 0 saturated heterocycles. The van der Waals surface area contributed by atoms with E-state index in [1.165, 1.54) is 17.3 Å². The lowest BCUT2D eigenvalue weighted by molar-refractivity contribution is 0.100. The molecule has 3 heterocycles. The molecule has 0 radical (unpaired) electrons. The molecule has 0 spiro atoms. The maximum Gasteiger partial charge on any atom is 0.346 e. The van der Waals surface area contributed by atoms with Gasteiger partial charge in [0.15, 0.2) is 0 Å². The van der Waals surface area contributed by atoms with Crippen LogP contribution in [-0.2, 0) is 0 Å². The van der Waals surface area contributed by atoms with Crippen molar-refractivity contribution >= 4 is 17.8 Å². The molecule has 1 aliphatic heterocycles. The third-order valence-electron chi connectivity index (χ3n) is 6.08. The van der Waals surface area contributed by atoms with Crippen molar-refractivity contribution in [2.75, 3.05) is 25.0 Å². The summed E-state index contributed by atoms with van der Waals surface area (Å²) in [4.78, 5) is 30.9. The van der Waals surface area contributed by atoms with Crippen molar-refractivity contribution in [2.45, 2.75) is 19.4 Å². The molecule has 0 fully saturated rings. The lowest BCUT2D eigenvalue weighted by atomic mass is 10.1. The number of likely N-dealkylation sites (N-methyl/N-ethyl adjacent to an activating group) is 1. The fourth-order valence-corrected chi connectivity index (χ4v) is 4.31. The van der Waals surface area contributed by atoms with E-state index in [1.807, 2.05) is 61.5 Å². The number of nitrogens with two attached hydrogens (primary N) is 1. The van der Waals surface area contributed by atoms with E-state index in [0.717, 1.165) is 17.7 Å². The van der Waals surface area contributed by atoms with Gasteiger partial charge in [-0.15, -0.1) is 0 Å². The van der Waals surface area contributed by atoms with Crippen molar-refractivity contribution in [2.24, 2.45) is 5.73 Å². The molecule has 1 unspecified atom stereocenters. The van der Waals surface area contributed by atoms with Crippen molar-refractivity contribution in [3.63, 3.8) is 0 Å². The van der Waals surface area contributed by atoms with Crippen LogP contribution < -0.4 is 15.8 Å². The predicted molar refractivity (Wildman–Crippen MR) is 133 cm³/mol. The number of ether oxygens (including phenoxy) is 1. The van der Waals surface area contributed by atoms with E-state index >= 15 is 0 Å². The largest absolute Gasteiger partial charge is 0.457 e. The number of rotatable bonds is 7. The van der Waals surface area contributed by atoms with E-state index in [0.29, 0.717) is 42.5 Å².